The number of benzene rings is 1. The Balaban J connectivity index is 1.33. The molecule has 31 heavy (non-hydrogen) atoms. The highest BCUT2D eigenvalue weighted by atomic mass is 32.2. The molecule has 2 aliphatic heterocycles. The van der Waals surface area contributed by atoms with Crippen LogP contribution in [0.4, 0.5) is 10.1 Å². The van der Waals surface area contributed by atoms with Crippen LogP contribution in [-0.4, -0.2) is 67.8 Å². The molecule has 1 aromatic carbocycles. The first-order valence-corrected chi connectivity index (χ1v) is 12.1. The van der Waals surface area contributed by atoms with Crippen molar-refractivity contribution in [3.63, 3.8) is 0 Å². The van der Waals surface area contributed by atoms with Crippen LogP contribution in [0.25, 0.3) is 0 Å². The van der Waals surface area contributed by atoms with Gasteiger partial charge in [0.2, 0.25) is 15.9 Å². The summed E-state index contributed by atoms with van der Waals surface area (Å²) in [7, 11) is -3.57. The summed E-state index contributed by atoms with van der Waals surface area (Å²) in [4.78, 5) is 21.3. The molecule has 0 bridgehead atoms. The largest absolute Gasteiger partial charge is 0.370 e. The number of carbonyl (C=O) groups excluding carboxylic acids is 1. The number of sulfonamides is 1. The van der Waals surface area contributed by atoms with Crippen LogP contribution in [0, 0.1) is 11.7 Å². The minimum Gasteiger partial charge on any atom is -0.370 e. The lowest BCUT2D eigenvalue weighted by Gasteiger charge is -2.33. The molecule has 9 heteroatoms. The highest BCUT2D eigenvalue weighted by molar-refractivity contribution is 7.89. The van der Waals surface area contributed by atoms with Crippen molar-refractivity contribution in [3.8, 4) is 0 Å². The zero-order valence-corrected chi connectivity index (χ0v) is 18.2. The van der Waals surface area contributed by atoms with Crippen molar-refractivity contribution < 1.29 is 17.6 Å². The Morgan fingerprint density at radius 2 is 1.71 bits per heavy atom. The molecule has 0 atom stereocenters. The SMILES string of the molecule is O=C(C1CCN(S(=O)(=O)c2cccnc2)CC1)N1CCCN(c2ccc(F)cc2)CC1. The van der Waals surface area contributed by atoms with E-state index in [1.165, 1.54) is 22.6 Å². The molecule has 2 aromatic rings. The van der Waals surface area contributed by atoms with Crippen LogP contribution >= 0.6 is 0 Å². The topological polar surface area (TPSA) is 73.8 Å². The fraction of sp³-hybridized carbons (Fsp3) is 0.455. The highest BCUT2D eigenvalue weighted by Crippen LogP contribution is 2.26. The zero-order chi connectivity index (χ0) is 21.8. The summed E-state index contributed by atoms with van der Waals surface area (Å²) in [5.41, 5.74) is 0.963. The average Bonchev–Trinajstić information content (AvgIpc) is 3.06. The van der Waals surface area contributed by atoms with Gasteiger partial charge in [-0.1, -0.05) is 0 Å². The molecular weight excluding hydrogens is 419 g/mol. The van der Waals surface area contributed by atoms with E-state index in [1.807, 2.05) is 4.90 Å². The van der Waals surface area contributed by atoms with Crippen molar-refractivity contribution >= 4 is 21.6 Å². The van der Waals surface area contributed by atoms with Crippen LogP contribution in [0.5, 0.6) is 0 Å². The van der Waals surface area contributed by atoms with E-state index < -0.39 is 10.0 Å². The minimum absolute atomic E-state index is 0.111. The van der Waals surface area contributed by atoms with Gasteiger partial charge in [0, 0.05) is 63.3 Å². The van der Waals surface area contributed by atoms with Crippen molar-refractivity contribution in [3.05, 3.63) is 54.6 Å². The van der Waals surface area contributed by atoms with E-state index in [0.717, 1.165) is 18.7 Å². The summed E-state index contributed by atoms with van der Waals surface area (Å²) >= 11 is 0. The van der Waals surface area contributed by atoms with Gasteiger partial charge in [0.1, 0.15) is 10.7 Å². The van der Waals surface area contributed by atoms with Gasteiger partial charge in [-0.25, -0.2) is 12.8 Å². The van der Waals surface area contributed by atoms with E-state index >= 15 is 0 Å². The van der Waals surface area contributed by atoms with Gasteiger partial charge in [0.05, 0.1) is 0 Å². The van der Waals surface area contributed by atoms with Crippen molar-refractivity contribution in [1.29, 1.82) is 0 Å². The fourth-order valence-electron chi connectivity index (χ4n) is 4.30. The lowest BCUT2D eigenvalue weighted by atomic mass is 9.96. The quantitative estimate of drug-likeness (QED) is 0.721. The summed E-state index contributed by atoms with van der Waals surface area (Å²) in [6.07, 6.45) is 4.79. The van der Waals surface area contributed by atoms with Gasteiger partial charge in [-0.3, -0.25) is 9.78 Å². The number of halogens is 1. The highest BCUT2D eigenvalue weighted by Gasteiger charge is 2.34. The number of amides is 1. The van der Waals surface area contributed by atoms with Gasteiger partial charge < -0.3 is 9.80 Å². The standard InChI is InChI=1S/C22H27FN4O3S/c23-19-4-6-20(7-5-19)25-11-2-12-26(16-15-25)22(28)18-8-13-27(14-9-18)31(29,30)21-3-1-10-24-17-21/h1,3-7,10,17-18H,2,8-9,11-16H2. The van der Waals surface area contributed by atoms with Gasteiger partial charge in [-0.05, 0) is 55.7 Å². The van der Waals surface area contributed by atoms with Gasteiger partial charge in [0.25, 0.3) is 0 Å². The Morgan fingerprint density at radius 3 is 2.39 bits per heavy atom. The monoisotopic (exact) mass is 446 g/mol. The van der Waals surface area contributed by atoms with E-state index in [9.17, 15) is 17.6 Å². The summed E-state index contributed by atoms with van der Waals surface area (Å²) in [5, 5.41) is 0. The van der Waals surface area contributed by atoms with E-state index in [0.29, 0.717) is 45.6 Å². The van der Waals surface area contributed by atoms with Crippen LogP contribution in [-0.2, 0) is 14.8 Å². The molecule has 1 aromatic heterocycles. The molecule has 2 fully saturated rings. The van der Waals surface area contributed by atoms with E-state index in [4.69, 9.17) is 0 Å². The van der Waals surface area contributed by atoms with Gasteiger partial charge >= 0.3 is 0 Å². The Hall–Kier alpha value is -2.52. The summed E-state index contributed by atoms with van der Waals surface area (Å²) in [6.45, 7) is 3.49. The zero-order valence-electron chi connectivity index (χ0n) is 17.4. The number of pyridine rings is 1. The van der Waals surface area contributed by atoms with Crippen LogP contribution in [0.3, 0.4) is 0 Å². The van der Waals surface area contributed by atoms with E-state index in [2.05, 4.69) is 9.88 Å². The Morgan fingerprint density at radius 1 is 0.968 bits per heavy atom. The molecular formula is C22H27FN4O3S. The fourth-order valence-corrected chi connectivity index (χ4v) is 5.73. The molecule has 2 saturated heterocycles. The van der Waals surface area contributed by atoms with Crippen molar-refractivity contribution in [2.75, 3.05) is 44.2 Å². The minimum atomic E-state index is -3.57. The van der Waals surface area contributed by atoms with Gasteiger partial charge in [-0.2, -0.15) is 4.31 Å². The molecule has 4 rings (SSSR count). The van der Waals surface area contributed by atoms with Crippen LogP contribution in [0.15, 0.2) is 53.7 Å². The molecule has 2 aliphatic rings. The van der Waals surface area contributed by atoms with Gasteiger partial charge in [-0.15, -0.1) is 0 Å². The maximum absolute atomic E-state index is 13.2. The molecule has 7 nitrogen and oxygen atoms in total. The number of rotatable bonds is 4. The molecule has 0 unspecified atom stereocenters. The number of carbonyl (C=O) groups is 1. The van der Waals surface area contributed by atoms with E-state index in [1.54, 1.807) is 30.5 Å². The van der Waals surface area contributed by atoms with Crippen LogP contribution in [0.2, 0.25) is 0 Å². The predicted molar refractivity (Wildman–Crippen MR) is 116 cm³/mol. The Kier molecular flexibility index (Phi) is 6.52. The molecule has 1 amide bonds. The first-order valence-electron chi connectivity index (χ1n) is 10.6. The summed E-state index contributed by atoms with van der Waals surface area (Å²) in [6, 6.07) is 9.60. The Labute approximate surface area is 182 Å². The molecule has 0 spiro atoms. The predicted octanol–water partition coefficient (Wildman–Crippen LogP) is 2.36. The lowest BCUT2D eigenvalue weighted by molar-refractivity contribution is -0.136. The first kappa shape index (κ1) is 21.7. The van der Waals surface area contributed by atoms with Gasteiger partial charge in [0.15, 0.2) is 0 Å². The number of hydrogen-bond donors (Lipinski definition) is 0. The number of piperidine rings is 1. The smallest absolute Gasteiger partial charge is 0.244 e. The average molecular weight is 447 g/mol. The molecule has 166 valence electrons. The summed E-state index contributed by atoms with van der Waals surface area (Å²) < 4.78 is 40.2. The molecule has 0 radical (unpaired) electrons. The van der Waals surface area contributed by atoms with Crippen molar-refractivity contribution in [2.45, 2.75) is 24.2 Å². The number of hydrogen-bond acceptors (Lipinski definition) is 5. The number of aromatic nitrogens is 1. The maximum Gasteiger partial charge on any atom is 0.244 e. The molecule has 3 heterocycles. The lowest BCUT2D eigenvalue weighted by Crippen LogP contribution is -2.45. The second-order valence-electron chi connectivity index (χ2n) is 8.01. The molecule has 0 saturated carbocycles. The Bertz CT molecular complexity index is 993. The second-order valence-corrected chi connectivity index (χ2v) is 9.95. The summed E-state index contributed by atoms with van der Waals surface area (Å²) in [5.74, 6) is -0.302. The normalized spacial score (nSPS) is 19.3. The maximum atomic E-state index is 13.2. The van der Waals surface area contributed by atoms with Crippen molar-refractivity contribution in [1.82, 2.24) is 14.2 Å². The van der Waals surface area contributed by atoms with E-state index in [-0.39, 0.29) is 22.5 Å². The van der Waals surface area contributed by atoms with Crippen LogP contribution in [0.1, 0.15) is 19.3 Å². The number of anilines is 1. The first-order chi connectivity index (χ1) is 14.9. The third kappa shape index (κ3) is 4.88. The third-order valence-electron chi connectivity index (χ3n) is 6.07. The van der Waals surface area contributed by atoms with Crippen LogP contribution < -0.4 is 4.90 Å². The number of nitrogens with zero attached hydrogens (tertiary/aromatic N) is 4. The van der Waals surface area contributed by atoms with Crippen molar-refractivity contribution in [2.24, 2.45) is 5.92 Å². The second kappa shape index (κ2) is 9.32. The molecule has 0 N–H and O–H groups in total. The third-order valence-corrected chi connectivity index (χ3v) is 7.96. The molecule has 0 aliphatic carbocycles.